The zero-order chi connectivity index (χ0) is 20.1. The second kappa shape index (κ2) is 9.03. The Morgan fingerprint density at radius 1 is 0.897 bits per heavy atom. The molecule has 1 amide bonds. The lowest BCUT2D eigenvalue weighted by molar-refractivity contribution is -0.120. The van der Waals surface area contributed by atoms with Crippen LogP contribution in [0, 0.1) is 0 Å². The van der Waals surface area contributed by atoms with E-state index in [-0.39, 0.29) is 24.5 Å². The molecule has 0 aliphatic heterocycles. The quantitative estimate of drug-likeness (QED) is 0.433. The van der Waals surface area contributed by atoms with Gasteiger partial charge in [0.1, 0.15) is 0 Å². The van der Waals surface area contributed by atoms with Gasteiger partial charge in [0.2, 0.25) is 5.91 Å². The van der Waals surface area contributed by atoms with Crippen LogP contribution < -0.4 is 10.6 Å². The van der Waals surface area contributed by atoms with Gasteiger partial charge in [-0.1, -0.05) is 78.9 Å². The maximum Gasteiger partial charge on any atom is 0.234 e. The number of fused-ring (bicyclic) bond motifs is 1. The number of hydrogen-bond acceptors (Lipinski definition) is 3. The zero-order valence-electron chi connectivity index (χ0n) is 16.3. The minimum atomic E-state index is -0.127. The van der Waals surface area contributed by atoms with Gasteiger partial charge in [0, 0.05) is 10.9 Å². The van der Waals surface area contributed by atoms with E-state index in [0.29, 0.717) is 0 Å². The smallest absolute Gasteiger partial charge is 0.234 e. The summed E-state index contributed by atoms with van der Waals surface area (Å²) in [6.07, 6.45) is 0. The summed E-state index contributed by atoms with van der Waals surface area (Å²) in [5, 5.41) is 11.0. The van der Waals surface area contributed by atoms with Crippen molar-refractivity contribution in [3.05, 3.63) is 106 Å². The van der Waals surface area contributed by atoms with E-state index in [1.807, 2.05) is 35.7 Å². The Morgan fingerprint density at radius 2 is 1.66 bits per heavy atom. The van der Waals surface area contributed by atoms with Gasteiger partial charge in [-0.3, -0.25) is 4.79 Å². The summed E-state index contributed by atoms with van der Waals surface area (Å²) in [6.45, 7) is 2.36. The summed E-state index contributed by atoms with van der Waals surface area (Å²) in [5.74, 6) is -0.0145. The highest BCUT2D eigenvalue weighted by molar-refractivity contribution is 7.10. The van der Waals surface area contributed by atoms with Crippen LogP contribution in [-0.4, -0.2) is 12.5 Å². The molecule has 2 N–H and O–H groups in total. The molecule has 0 aliphatic rings. The van der Waals surface area contributed by atoms with Gasteiger partial charge in [0.05, 0.1) is 12.6 Å². The van der Waals surface area contributed by atoms with Gasteiger partial charge >= 0.3 is 0 Å². The fourth-order valence-electron chi connectivity index (χ4n) is 3.62. The normalized spacial score (nSPS) is 13.1. The third-order valence-electron chi connectivity index (χ3n) is 5.12. The number of carbonyl (C=O) groups excluding carboxylic acids is 1. The van der Waals surface area contributed by atoms with Crippen molar-refractivity contribution in [2.45, 2.75) is 19.0 Å². The van der Waals surface area contributed by atoms with Crippen molar-refractivity contribution in [3.63, 3.8) is 0 Å². The molecular formula is C25H24N2OS. The molecule has 2 atom stereocenters. The predicted octanol–water partition coefficient (Wildman–Crippen LogP) is 5.46. The van der Waals surface area contributed by atoms with Crippen LogP contribution >= 0.6 is 11.3 Å². The molecule has 0 saturated heterocycles. The van der Waals surface area contributed by atoms with Gasteiger partial charge in [0.25, 0.3) is 0 Å². The molecule has 1 heterocycles. The predicted molar refractivity (Wildman–Crippen MR) is 121 cm³/mol. The Kier molecular flexibility index (Phi) is 6.03. The molecule has 0 spiro atoms. The highest BCUT2D eigenvalue weighted by atomic mass is 32.1. The van der Waals surface area contributed by atoms with Crippen LogP contribution in [0.3, 0.4) is 0 Å². The Bertz CT molecular complexity index is 1070. The summed E-state index contributed by atoms with van der Waals surface area (Å²) in [4.78, 5) is 13.9. The topological polar surface area (TPSA) is 41.1 Å². The van der Waals surface area contributed by atoms with E-state index >= 15 is 0 Å². The monoisotopic (exact) mass is 400 g/mol. The molecule has 0 aliphatic carbocycles. The van der Waals surface area contributed by atoms with Crippen molar-refractivity contribution in [2.75, 3.05) is 6.54 Å². The molecule has 146 valence electrons. The lowest BCUT2D eigenvalue weighted by atomic mass is 10.00. The van der Waals surface area contributed by atoms with E-state index in [4.69, 9.17) is 0 Å². The molecule has 4 heteroatoms. The van der Waals surface area contributed by atoms with Gasteiger partial charge in [-0.15, -0.1) is 11.3 Å². The molecule has 1 aromatic heterocycles. The Balaban J connectivity index is 1.45. The van der Waals surface area contributed by atoms with Gasteiger partial charge in [-0.2, -0.15) is 0 Å². The van der Waals surface area contributed by atoms with Crippen molar-refractivity contribution >= 4 is 28.0 Å². The number of hydrogen-bond donors (Lipinski definition) is 2. The van der Waals surface area contributed by atoms with E-state index in [1.54, 1.807) is 11.3 Å². The van der Waals surface area contributed by atoms with Crippen LogP contribution in [0.15, 0.2) is 90.3 Å². The number of carbonyl (C=O) groups is 1. The van der Waals surface area contributed by atoms with Crippen molar-refractivity contribution in [1.29, 1.82) is 0 Å². The molecule has 0 bridgehead atoms. The molecule has 29 heavy (non-hydrogen) atoms. The Labute approximate surface area is 175 Å². The number of rotatable bonds is 7. The SMILES string of the molecule is C[C@H](NCC(=O)N[C@@H](c1ccccc1)c1cccs1)c1cccc2ccccc12. The van der Waals surface area contributed by atoms with Crippen LogP contribution in [-0.2, 0) is 4.79 Å². The first-order valence-electron chi connectivity index (χ1n) is 9.81. The lowest BCUT2D eigenvalue weighted by Gasteiger charge is -2.20. The number of nitrogens with one attached hydrogen (secondary N) is 2. The molecule has 4 aromatic rings. The average Bonchev–Trinajstić information content (AvgIpc) is 3.30. The van der Waals surface area contributed by atoms with Gasteiger partial charge in [0.15, 0.2) is 0 Å². The minimum absolute atomic E-state index is 0.0145. The molecular weight excluding hydrogens is 376 g/mol. The van der Waals surface area contributed by atoms with E-state index < -0.39 is 0 Å². The maximum absolute atomic E-state index is 12.8. The van der Waals surface area contributed by atoms with Crippen LogP contribution in [0.1, 0.15) is 35.0 Å². The standard InChI is InChI=1S/C25H24N2OS/c1-18(21-14-7-12-19-9-5-6-13-22(19)21)26-17-24(28)27-25(23-15-8-16-29-23)20-10-3-2-4-11-20/h2-16,18,25-26H,17H2,1H3,(H,27,28)/t18-,25-/m0/s1. The van der Waals surface area contributed by atoms with Gasteiger partial charge in [-0.25, -0.2) is 0 Å². The van der Waals surface area contributed by atoms with Crippen molar-refractivity contribution < 1.29 is 4.79 Å². The summed E-state index contributed by atoms with van der Waals surface area (Å²) in [7, 11) is 0. The van der Waals surface area contributed by atoms with E-state index in [2.05, 4.69) is 72.2 Å². The van der Waals surface area contributed by atoms with Crippen molar-refractivity contribution in [3.8, 4) is 0 Å². The molecule has 0 saturated carbocycles. The fraction of sp³-hybridized carbons (Fsp3) is 0.160. The first kappa shape index (κ1) is 19.4. The fourth-order valence-corrected chi connectivity index (χ4v) is 4.42. The van der Waals surface area contributed by atoms with Crippen LogP contribution in [0.2, 0.25) is 0 Å². The number of benzene rings is 3. The highest BCUT2D eigenvalue weighted by Gasteiger charge is 2.18. The molecule has 0 fully saturated rings. The van der Waals surface area contributed by atoms with Gasteiger partial charge < -0.3 is 10.6 Å². The third kappa shape index (κ3) is 4.56. The van der Waals surface area contributed by atoms with Crippen LogP contribution in [0.25, 0.3) is 10.8 Å². The average molecular weight is 401 g/mol. The molecule has 4 rings (SSSR count). The lowest BCUT2D eigenvalue weighted by Crippen LogP contribution is -2.37. The molecule has 3 aromatic carbocycles. The molecule has 3 nitrogen and oxygen atoms in total. The van der Waals surface area contributed by atoms with E-state index in [9.17, 15) is 4.79 Å². The van der Waals surface area contributed by atoms with Crippen molar-refractivity contribution in [1.82, 2.24) is 10.6 Å². The number of thiophene rings is 1. The highest BCUT2D eigenvalue weighted by Crippen LogP contribution is 2.26. The first-order valence-corrected chi connectivity index (χ1v) is 10.7. The second-order valence-electron chi connectivity index (χ2n) is 7.10. The Morgan fingerprint density at radius 3 is 2.45 bits per heavy atom. The Hall–Kier alpha value is -2.95. The molecule has 0 unspecified atom stereocenters. The largest absolute Gasteiger partial charge is 0.343 e. The molecule has 0 radical (unpaired) electrons. The summed E-state index contributed by atoms with van der Waals surface area (Å²) < 4.78 is 0. The summed E-state index contributed by atoms with van der Waals surface area (Å²) >= 11 is 1.66. The summed E-state index contributed by atoms with van der Waals surface area (Å²) in [5.41, 5.74) is 2.29. The third-order valence-corrected chi connectivity index (χ3v) is 6.06. The second-order valence-corrected chi connectivity index (χ2v) is 8.08. The minimum Gasteiger partial charge on any atom is -0.343 e. The van der Waals surface area contributed by atoms with Crippen LogP contribution in [0.4, 0.5) is 0 Å². The first-order chi connectivity index (χ1) is 14.2. The zero-order valence-corrected chi connectivity index (χ0v) is 17.2. The van der Waals surface area contributed by atoms with Crippen LogP contribution in [0.5, 0.6) is 0 Å². The summed E-state index contributed by atoms with van der Waals surface area (Å²) in [6, 6.07) is 28.8. The van der Waals surface area contributed by atoms with E-state index in [1.165, 1.54) is 16.3 Å². The van der Waals surface area contributed by atoms with E-state index in [0.717, 1.165) is 10.4 Å². The number of amides is 1. The maximum atomic E-state index is 12.8. The van der Waals surface area contributed by atoms with Gasteiger partial charge in [-0.05, 0) is 40.3 Å². The van der Waals surface area contributed by atoms with Crippen molar-refractivity contribution in [2.24, 2.45) is 0 Å².